The number of fused-ring (bicyclic) bond motifs is 5. The highest BCUT2D eigenvalue weighted by molar-refractivity contribution is 7.26. The molecular weight excluding hydrogens is 306 g/mol. The number of thiophene rings is 1. The maximum Gasteiger partial charge on any atom is 0.266 e. The first-order chi connectivity index (χ1) is 10.1. The number of carbonyl (C=O) groups is 1. The Labute approximate surface area is 127 Å². The van der Waals surface area contributed by atoms with Crippen LogP contribution >= 0.6 is 22.9 Å². The standard InChI is InChI=1S/C16H8ClNO2S/c17-15(19)8-5-6-10-12(7-8)21-14-13(10)9-3-1-2-4-11(9)18-16(14)20/h1-7H,(H,18,20). The number of para-hydroxylation sites is 1. The van der Waals surface area contributed by atoms with Gasteiger partial charge in [0.2, 0.25) is 0 Å². The molecule has 0 fully saturated rings. The lowest BCUT2D eigenvalue weighted by molar-refractivity contribution is 0.108. The number of pyridine rings is 1. The summed E-state index contributed by atoms with van der Waals surface area (Å²) in [6.07, 6.45) is 0. The van der Waals surface area contributed by atoms with Gasteiger partial charge in [-0.1, -0.05) is 24.3 Å². The van der Waals surface area contributed by atoms with Gasteiger partial charge in [-0.05, 0) is 29.8 Å². The quantitative estimate of drug-likeness (QED) is 0.533. The van der Waals surface area contributed by atoms with Crippen molar-refractivity contribution >= 4 is 59.3 Å². The Bertz CT molecular complexity index is 1090. The van der Waals surface area contributed by atoms with Gasteiger partial charge in [0.1, 0.15) is 4.70 Å². The van der Waals surface area contributed by atoms with Crippen molar-refractivity contribution in [2.24, 2.45) is 0 Å². The molecule has 0 amide bonds. The Morgan fingerprint density at radius 2 is 1.90 bits per heavy atom. The Hall–Kier alpha value is -2.17. The molecule has 0 radical (unpaired) electrons. The summed E-state index contributed by atoms with van der Waals surface area (Å²) in [5.41, 5.74) is 1.15. The third-order valence-electron chi connectivity index (χ3n) is 3.57. The summed E-state index contributed by atoms with van der Waals surface area (Å²) in [7, 11) is 0. The summed E-state index contributed by atoms with van der Waals surface area (Å²) in [6, 6.07) is 13.0. The molecule has 4 rings (SSSR count). The first-order valence-corrected chi connectivity index (χ1v) is 7.52. The van der Waals surface area contributed by atoms with Crippen LogP contribution < -0.4 is 5.56 Å². The maximum absolute atomic E-state index is 12.2. The van der Waals surface area contributed by atoms with E-state index in [0.717, 1.165) is 26.4 Å². The number of aromatic nitrogens is 1. The summed E-state index contributed by atoms with van der Waals surface area (Å²) in [5.74, 6) is 0. The topological polar surface area (TPSA) is 49.9 Å². The van der Waals surface area contributed by atoms with Crippen molar-refractivity contribution in [3.63, 3.8) is 0 Å². The van der Waals surface area contributed by atoms with Gasteiger partial charge < -0.3 is 4.98 Å². The monoisotopic (exact) mass is 313 g/mol. The van der Waals surface area contributed by atoms with Crippen molar-refractivity contribution < 1.29 is 4.79 Å². The van der Waals surface area contributed by atoms with E-state index in [2.05, 4.69) is 4.98 Å². The van der Waals surface area contributed by atoms with Crippen molar-refractivity contribution in [2.75, 3.05) is 0 Å². The number of halogens is 1. The van der Waals surface area contributed by atoms with Crippen molar-refractivity contribution in [1.82, 2.24) is 4.98 Å². The molecule has 0 spiro atoms. The summed E-state index contributed by atoms with van der Waals surface area (Å²) >= 11 is 6.91. The number of H-pyrrole nitrogens is 1. The predicted molar refractivity (Wildman–Crippen MR) is 87.6 cm³/mol. The molecule has 0 aliphatic heterocycles. The average Bonchev–Trinajstić information content (AvgIpc) is 2.87. The zero-order valence-electron chi connectivity index (χ0n) is 10.6. The number of nitrogens with one attached hydrogen (secondary N) is 1. The summed E-state index contributed by atoms with van der Waals surface area (Å²) in [4.78, 5) is 26.4. The van der Waals surface area contributed by atoms with Gasteiger partial charge in [0.25, 0.3) is 10.8 Å². The van der Waals surface area contributed by atoms with E-state index >= 15 is 0 Å². The van der Waals surface area contributed by atoms with Crippen molar-refractivity contribution in [1.29, 1.82) is 0 Å². The van der Waals surface area contributed by atoms with Gasteiger partial charge in [-0.15, -0.1) is 11.3 Å². The molecule has 3 nitrogen and oxygen atoms in total. The first kappa shape index (κ1) is 12.6. The lowest BCUT2D eigenvalue weighted by Gasteiger charge is -2.00. The van der Waals surface area contributed by atoms with Crippen molar-refractivity contribution in [3.8, 4) is 0 Å². The molecule has 102 valence electrons. The fourth-order valence-electron chi connectivity index (χ4n) is 2.64. The second-order valence-electron chi connectivity index (χ2n) is 4.79. The van der Waals surface area contributed by atoms with Crippen LogP contribution in [0.5, 0.6) is 0 Å². The molecule has 2 heterocycles. The van der Waals surface area contributed by atoms with Crippen LogP contribution in [-0.2, 0) is 0 Å². The zero-order chi connectivity index (χ0) is 14.6. The second-order valence-corrected chi connectivity index (χ2v) is 6.19. The van der Waals surface area contributed by atoms with E-state index in [1.165, 1.54) is 11.3 Å². The van der Waals surface area contributed by atoms with E-state index in [1.54, 1.807) is 12.1 Å². The minimum absolute atomic E-state index is 0.108. The highest BCUT2D eigenvalue weighted by Crippen LogP contribution is 2.36. The largest absolute Gasteiger partial charge is 0.321 e. The third-order valence-corrected chi connectivity index (χ3v) is 4.94. The average molecular weight is 314 g/mol. The predicted octanol–water partition coefficient (Wildman–Crippen LogP) is 4.28. The van der Waals surface area contributed by atoms with Crippen molar-refractivity contribution in [3.05, 3.63) is 58.4 Å². The smallest absolute Gasteiger partial charge is 0.266 e. The third kappa shape index (κ3) is 1.80. The molecule has 0 saturated heterocycles. The Morgan fingerprint density at radius 1 is 1.10 bits per heavy atom. The molecule has 0 unspecified atom stereocenters. The molecule has 0 bridgehead atoms. The normalized spacial score (nSPS) is 11.5. The highest BCUT2D eigenvalue weighted by Gasteiger charge is 2.13. The van der Waals surface area contributed by atoms with E-state index in [0.29, 0.717) is 10.3 Å². The van der Waals surface area contributed by atoms with Gasteiger partial charge in [0, 0.05) is 31.9 Å². The van der Waals surface area contributed by atoms with Crippen LogP contribution in [0, 0.1) is 0 Å². The van der Waals surface area contributed by atoms with Crippen LogP contribution in [0.3, 0.4) is 0 Å². The summed E-state index contributed by atoms with van der Waals surface area (Å²) in [6.45, 7) is 0. The number of hydrogen-bond acceptors (Lipinski definition) is 3. The van der Waals surface area contributed by atoms with E-state index in [-0.39, 0.29) is 5.56 Å². The molecule has 0 aliphatic carbocycles. The zero-order valence-corrected chi connectivity index (χ0v) is 12.2. The SMILES string of the molecule is O=C(Cl)c1ccc2c(c1)sc1c(=O)[nH]c3ccccc3c12. The molecule has 2 aromatic heterocycles. The van der Waals surface area contributed by atoms with Crippen LogP contribution in [-0.4, -0.2) is 10.2 Å². The van der Waals surface area contributed by atoms with Crippen LogP contribution in [0.4, 0.5) is 0 Å². The molecule has 1 N–H and O–H groups in total. The lowest BCUT2D eigenvalue weighted by atomic mass is 10.1. The Morgan fingerprint density at radius 3 is 2.71 bits per heavy atom. The molecule has 4 aromatic rings. The minimum Gasteiger partial charge on any atom is -0.321 e. The van der Waals surface area contributed by atoms with E-state index in [1.807, 2.05) is 30.3 Å². The number of carbonyl (C=O) groups excluding carboxylic acids is 1. The second kappa shape index (κ2) is 4.41. The van der Waals surface area contributed by atoms with Crippen LogP contribution in [0.1, 0.15) is 10.4 Å². The van der Waals surface area contributed by atoms with Crippen LogP contribution in [0.25, 0.3) is 31.1 Å². The molecule has 5 heteroatoms. The molecule has 0 aliphatic rings. The van der Waals surface area contributed by atoms with Gasteiger partial charge >= 0.3 is 0 Å². The summed E-state index contributed by atoms with van der Waals surface area (Å²) < 4.78 is 1.56. The minimum atomic E-state index is -0.492. The number of aromatic amines is 1. The lowest BCUT2D eigenvalue weighted by Crippen LogP contribution is -2.03. The van der Waals surface area contributed by atoms with Gasteiger partial charge in [0.15, 0.2) is 0 Å². The fourth-order valence-corrected chi connectivity index (χ4v) is 3.90. The molecule has 0 saturated carbocycles. The summed E-state index contributed by atoms with van der Waals surface area (Å²) in [5, 5.41) is 2.42. The Balaban J connectivity index is 2.27. The van der Waals surface area contributed by atoms with E-state index in [9.17, 15) is 9.59 Å². The van der Waals surface area contributed by atoms with Crippen LogP contribution in [0.15, 0.2) is 47.3 Å². The van der Waals surface area contributed by atoms with E-state index < -0.39 is 5.24 Å². The Kier molecular flexibility index (Phi) is 2.64. The molecule has 0 atom stereocenters. The number of hydrogen-bond donors (Lipinski definition) is 1. The van der Waals surface area contributed by atoms with Gasteiger partial charge in [-0.2, -0.15) is 0 Å². The molecule has 2 aromatic carbocycles. The van der Waals surface area contributed by atoms with Gasteiger partial charge in [-0.3, -0.25) is 9.59 Å². The molecular formula is C16H8ClNO2S. The van der Waals surface area contributed by atoms with Crippen molar-refractivity contribution in [2.45, 2.75) is 0 Å². The van der Waals surface area contributed by atoms with Gasteiger partial charge in [0.05, 0.1) is 0 Å². The fraction of sp³-hybridized carbons (Fsp3) is 0. The first-order valence-electron chi connectivity index (χ1n) is 6.32. The highest BCUT2D eigenvalue weighted by atomic mass is 35.5. The van der Waals surface area contributed by atoms with Crippen LogP contribution in [0.2, 0.25) is 0 Å². The molecule has 21 heavy (non-hydrogen) atoms. The van der Waals surface area contributed by atoms with Gasteiger partial charge in [-0.25, -0.2) is 0 Å². The van der Waals surface area contributed by atoms with E-state index in [4.69, 9.17) is 11.6 Å². The maximum atomic E-state index is 12.2. The number of benzene rings is 2. The number of rotatable bonds is 1.